The van der Waals surface area contributed by atoms with Crippen LogP contribution >= 0.6 is 43.2 Å². The van der Waals surface area contributed by atoms with Crippen molar-refractivity contribution in [1.82, 2.24) is 0 Å². The number of hydrogen-bond acceptors (Lipinski definition) is 3. The van der Waals surface area contributed by atoms with Gasteiger partial charge in [0.2, 0.25) is 0 Å². The van der Waals surface area contributed by atoms with Gasteiger partial charge in [0, 0.05) is 11.1 Å². The van der Waals surface area contributed by atoms with Crippen LogP contribution in [0.25, 0.3) is 0 Å². The van der Waals surface area contributed by atoms with Crippen molar-refractivity contribution in [3.8, 4) is 5.75 Å². The van der Waals surface area contributed by atoms with E-state index in [1.54, 1.807) is 12.1 Å². The van der Waals surface area contributed by atoms with E-state index >= 15 is 0 Å². The first-order chi connectivity index (χ1) is 8.97. The second kappa shape index (κ2) is 6.20. The van der Waals surface area contributed by atoms with Gasteiger partial charge in [-0.3, -0.25) is 4.79 Å². The normalized spacial score (nSPS) is 10.8. The van der Waals surface area contributed by atoms with Gasteiger partial charge in [-0.25, -0.2) is 0 Å². The molecule has 0 amide bonds. The molecule has 100 valence electrons. The van der Waals surface area contributed by atoms with Crippen LogP contribution in [0.4, 0.5) is 0 Å². The third kappa shape index (κ3) is 3.68. The third-order valence-electron chi connectivity index (χ3n) is 2.39. The van der Waals surface area contributed by atoms with Gasteiger partial charge in [0.15, 0.2) is 5.78 Å². The van der Waals surface area contributed by atoms with Crippen molar-refractivity contribution in [3.63, 3.8) is 0 Å². The fraction of sp³-hybridized carbons (Fsp3) is 0.214. The predicted octanol–water partition coefficient (Wildman–Crippen LogP) is 5.29. The molecule has 1 aromatic carbocycles. The molecular formula is C14H12Br2O2S. The largest absolute Gasteiger partial charge is 0.491 e. The Hall–Kier alpha value is -0.650. The van der Waals surface area contributed by atoms with Crippen LogP contribution in [0.5, 0.6) is 5.75 Å². The molecule has 0 radical (unpaired) electrons. The van der Waals surface area contributed by atoms with Gasteiger partial charge in [0.1, 0.15) is 5.75 Å². The maximum Gasteiger partial charge on any atom is 0.195 e. The molecule has 1 aromatic heterocycles. The van der Waals surface area contributed by atoms with Crippen molar-refractivity contribution < 1.29 is 9.53 Å². The van der Waals surface area contributed by atoms with Crippen molar-refractivity contribution in [2.75, 3.05) is 0 Å². The molecule has 0 aliphatic carbocycles. The molecule has 0 aliphatic rings. The van der Waals surface area contributed by atoms with E-state index in [1.165, 1.54) is 11.3 Å². The highest BCUT2D eigenvalue weighted by atomic mass is 79.9. The van der Waals surface area contributed by atoms with E-state index in [4.69, 9.17) is 4.74 Å². The van der Waals surface area contributed by atoms with E-state index in [9.17, 15) is 4.79 Å². The van der Waals surface area contributed by atoms with Crippen LogP contribution in [0.1, 0.15) is 29.8 Å². The first-order valence-corrected chi connectivity index (χ1v) is 8.14. The van der Waals surface area contributed by atoms with Crippen LogP contribution in [0.15, 0.2) is 37.9 Å². The van der Waals surface area contributed by atoms with Gasteiger partial charge in [-0.05, 0) is 76.0 Å². The molecule has 0 unspecified atom stereocenters. The van der Waals surface area contributed by atoms with E-state index in [2.05, 4.69) is 31.9 Å². The van der Waals surface area contributed by atoms with Crippen molar-refractivity contribution in [3.05, 3.63) is 49.0 Å². The molecular weight excluding hydrogens is 392 g/mol. The number of halogens is 2. The zero-order valence-corrected chi connectivity index (χ0v) is 14.4. The average molecular weight is 404 g/mol. The number of hydrogen-bond donors (Lipinski definition) is 0. The Bertz CT molecular complexity index is 588. The lowest BCUT2D eigenvalue weighted by Gasteiger charge is -2.09. The van der Waals surface area contributed by atoms with Crippen molar-refractivity contribution in [2.24, 2.45) is 0 Å². The molecule has 1 heterocycles. The minimum Gasteiger partial charge on any atom is -0.491 e. The zero-order chi connectivity index (χ0) is 14.0. The van der Waals surface area contributed by atoms with Crippen molar-refractivity contribution in [2.45, 2.75) is 20.0 Å². The van der Waals surface area contributed by atoms with Crippen LogP contribution in [0.2, 0.25) is 0 Å². The zero-order valence-electron chi connectivity index (χ0n) is 10.4. The van der Waals surface area contributed by atoms with Crippen LogP contribution in [0, 0.1) is 0 Å². The number of ether oxygens (including phenoxy) is 1. The number of carbonyl (C=O) groups excluding carboxylic acids is 1. The van der Waals surface area contributed by atoms with Gasteiger partial charge in [0.05, 0.1) is 13.7 Å². The Morgan fingerprint density at radius 3 is 2.32 bits per heavy atom. The summed E-state index contributed by atoms with van der Waals surface area (Å²) in [5.41, 5.74) is 1.33. The van der Waals surface area contributed by atoms with Crippen LogP contribution in [-0.2, 0) is 0 Å². The van der Waals surface area contributed by atoms with E-state index in [0.29, 0.717) is 11.1 Å². The standard InChI is InChI=1S/C14H12Br2O2S/c1-8(2)18-10-5-3-9(4-6-10)13(17)11-7-12(15)19-14(11)16/h3-8H,1-2H3. The van der Waals surface area contributed by atoms with E-state index < -0.39 is 0 Å². The summed E-state index contributed by atoms with van der Waals surface area (Å²) in [6.07, 6.45) is 0.128. The lowest BCUT2D eigenvalue weighted by atomic mass is 10.1. The van der Waals surface area contributed by atoms with Gasteiger partial charge >= 0.3 is 0 Å². The molecule has 0 N–H and O–H groups in total. The molecule has 0 spiro atoms. The molecule has 2 aromatic rings. The molecule has 0 aliphatic heterocycles. The Kier molecular flexibility index (Phi) is 4.81. The first kappa shape index (κ1) is 14.8. The molecule has 0 fully saturated rings. The first-order valence-electron chi connectivity index (χ1n) is 5.73. The maximum atomic E-state index is 12.3. The SMILES string of the molecule is CC(C)Oc1ccc(C(=O)c2cc(Br)sc2Br)cc1. The highest BCUT2D eigenvalue weighted by Gasteiger charge is 2.15. The van der Waals surface area contributed by atoms with Crippen molar-refractivity contribution >= 4 is 49.0 Å². The molecule has 2 rings (SSSR count). The minimum absolute atomic E-state index is 0.00456. The van der Waals surface area contributed by atoms with Gasteiger partial charge in [0.25, 0.3) is 0 Å². The third-order valence-corrected chi connectivity index (χ3v) is 4.73. The highest BCUT2D eigenvalue weighted by Crippen LogP contribution is 2.33. The fourth-order valence-electron chi connectivity index (χ4n) is 1.61. The number of ketones is 1. The fourth-order valence-corrected chi connectivity index (χ4v) is 4.40. The van der Waals surface area contributed by atoms with Crippen LogP contribution in [0.3, 0.4) is 0 Å². The van der Waals surface area contributed by atoms with Gasteiger partial charge in [-0.2, -0.15) is 0 Å². The summed E-state index contributed by atoms with van der Waals surface area (Å²) >= 11 is 8.28. The molecule has 0 atom stereocenters. The quantitative estimate of drug-likeness (QED) is 0.648. The Morgan fingerprint density at radius 1 is 1.21 bits per heavy atom. The molecule has 0 saturated carbocycles. The minimum atomic E-state index is 0.00456. The number of carbonyl (C=O) groups is 1. The summed E-state index contributed by atoms with van der Waals surface area (Å²) in [7, 11) is 0. The predicted molar refractivity (Wildman–Crippen MR) is 85.4 cm³/mol. The average Bonchev–Trinajstić information content (AvgIpc) is 2.68. The summed E-state index contributed by atoms with van der Waals surface area (Å²) < 4.78 is 7.33. The molecule has 5 heteroatoms. The summed E-state index contributed by atoms with van der Waals surface area (Å²) in [6.45, 7) is 3.94. The highest BCUT2D eigenvalue weighted by molar-refractivity contribution is 9.12. The van der Waals surface area contributed by atoms with Crippen LogP contribution in [-0.4, -0.2) is 11.9 Å². The van der Waals surface area contributed by atoms with E-state index in [0.717, 1.165) is 13.3 Å². The van der Waals surface area contributed by atoms with Gasteiger partial charge < -0.3 is 4.74 Å². The molecule has 0 bridgehead atoms. The lowest BCUT2D eigenvalue weighted by Crippen LogP contribution is -2.06. The monoisotopic (exact) mass is 402 g/mol. The molecule has 2 nitrogen and oxygen atoms in total. The Morgan fingerprint density at radius 2 is 1.84 bits per heavy atom. The maximum absolute atomic E-state index is 12.3. The van der Waals surface area contributed by atoms with Gasteiger partial charge in [-0.15, -0.1) is 11.3 Å². The topological polar surface area (TPSA) is 26.3 Å². The summed E-state index contributed by atoms with van der Waals surface area (Å²) in [5, 5.41) is 0. The van der Waals surface area contributed by atoms with Gasteiger partial charge in [-0.1, -0.05) is 0 Å². The summed E-state index contributed by atoms with van der Waals surface area (Å²) in [5.74, 6) is 0.780. The lowest BCUT2D eigenvalue weighted by molar-refractivity contribution is 0.103. The second-order valence-corrected chi connectivity index (χ2v) is 8.01. The smallest absolute Gasteiger partial charge is 0.195 e. The summed E-state index contributed by atoms with van der Waals surface area (Å²) in [4.78, 5) is 12.3. The van der Waals surface area contributed by atoms with E-state index in [1.807, 2.05) is 32.0 Å². The Labute approximate surface area is 133 Å². The Balaban J connectivity index is 2.22. The number of thiophene rings is 1. The van der Waals surface area contributed by atoms with E-state index in [-0.39, 0.29) is 11.9 Å². The molecule has 0 saturated heterocycles. The number of rotatable bonds is 4. The number of benzene rings is 1. The summed E-state index contributed by atoms with van der Waals surface area (Å²) in [6, 6.07) is 9.05. The van der Waals surface area contributed by atoms with Crippen LogP contribution < -0.4 is 4.74 Å². The second-order valence-electron chi connectivity index (χ2n) is 4.26. The molecule has 19 heavy (non-hydrogen) atoms. The van der Waals surface area contributed by atoms with Crippen molar-refractivity contribution in [1.29, 1.82) is 0 Å².